The van der Waals surface area contributed by atoms with Crippen LogP contribution in [-0.4, -0.2) is 16.4 Å². The molecule has 0 aliphatic heterocycles. The predicted molar refractivity (Wildman–Crippen MR) is 78.9 cm³/mol. The molecule has 1 aromatic rings. The first-order valence-corrected chi connectivity index (χ1v) is 6.14. The number of amides is 1. The van der Waals surface area contributed by atoms with Gasteiger partial charge in [0.15, 0.2) is 0 Å². The summed E-state index contributed by atoms with van der Waals surface area (Å²) in [6.45, 7) is 5.59. The SMILES string of the molecule is C/C(=N\NC(=O)CC(C)(C)S)c1ccc(N)cc1. The molecule has 1 rings (SSSR count). The standard InChI is InChI=1S/C13H19N3OS/c1-9(10-4-6-11(14)7-5-10)15-16-12(17)8-13(2,3)18/h4-7,18H,8,14H2,1-3H3,(H,16,17)/b15-9+. The molecule has 0 bridgehead atoms. The van der Waals surface area contributed by atoms with Gasteiger partial charge in [-0.25, -0.2) is 5.43 Å². The molecule has 98 valence electrons. The highest BCUT2D eigenvalue weighted by Gasteiger charge is 2.16. The number of hydrazone groups is 1. The maximum Gasteiger partial charge on any atom is 0.241 e. The Bertz CT molecular complexity index is 446. The van der Waals surface area contributed by atoms with Gasteiger partial charge in [-0.3, -0.25) is 4.79 Å². The van der Waals surface area contributed by atoms with Crippen molar-refractivity contribution in [3.8, 4) is 0 Å². The molecular weight excluding hydrogens is 246 g/mol. The van der Waals surface area contributed by atoms with Crippen molar-refractivity contribution in [2.24, 2.45) is 5.10 Å². The second-order valence-corrected chi connectivity index (χ2v) is 6.05. The fraction of sp³-hybridized carbons (Fsp3) is 0.385. The lowest BCUT2D eigenvalue weighted by atomic mass is 10.1. The van der Waals surface area contributed by atoms with Crippen molar-refractivity contribution in [3.63, 3.8) is 0 Å². The minimum Gasteiger partial charge on any atom is -0.399 e. The average molecular weight is 265 g/mol. The molecule has 0 atom stereocenters. The van der Waals surface area contributed by atoms with Gasteiger partial charge in [0.05, 0.1) is 5.71 Å². The molecule has 0 spiro atoms. The lowest BCUT2D eigenvalue weighted by Gasteiger charge is -2.15. The summed E-state index contributed by atoms with van der Waals surface area (Å²) < 4.78 is -0.339. The first kappa shape index (κ1) is 14.6. The minimum atomic E-state index is -0.339. The van der Waals surface area contributed by atoms with Crippen molar-refractivity contribution < 1.29 is 4.79 Å². The molecule has 4 nitrogen and oxygen atoms in total. The summed E-state index contributed by atoms with van der Waals surface area (Å²) >= 11 is 4.30. The van der Waals surface area contributed by atoms with Crippen molar-refractivity contribution in [1.29, 1.82) is 0 Å². The Morgan fingerprint density at radius 3 is 2.44 bits per heavy atom. The Morgan fingerprint density at radius 2 is 1.94 bits per heavy atom. The summed E-state index contributed by atoms with van der Waals surface area (Å²) in [7, 11) is 0. The Morgan fingerprint density at radius 1 is 1.39 bits per heavy atom. The van der Waals surface area contributed by atoms with Gasteiger partial charge in [-0.1, -0.05) is 26.0 Å². The number of nitrogens with two attached hydrogens (primary N) is 1. The lowest BCUT2D eigenvalue weighted by molar-refractivity contribution is -0.121. The largest absolute Gasteiger partial charge is 0.399 e. The molecule has 0 saturated carbocycles. The highest BCUT2D eigenvalue weighted by atomic mass is 32.1. The number of nitrogens with one attached hydrogen (secondary N) is 1. The van der Waals surface area contributed by atoms with Crippen LogP contribution in [0.1, 0.15) is 32.8 Å². The van der Waals surface area contributed by atoms with Crippen LogP contribution in [0.4, 0.5) is 5.69 Å². The third-order valence-electron chi connectivity index (χ3n) is 2.27. The van der Waals surface area contributed by atoms with Crippen molar-refractivity contribution >= 4 is 29.9 Å². The Kier molecular flexibility index (Phi) is 4.78. The molecule has 0 aliphatic rings. The maximum absolute atomic E-state index is 11.6. The van der Waals surface area contributed by atoms with Gasteiger partial charge in [-0.05, 0) is 24.6 Å². The van der Waals surface area contributed by atoms with Gasteiger partial charge in [-0.15, -0.1) is 0 Å². The zero-order valence-corrected chi connectivity index (χ0v) is 11.8. The molecule has 0 fully saturated rings. The number of nitrogens with zero attached hydrogens (tertiary/aromatic N) is 1. The van der Waals surface area contributed by atoms with Crippen LogP contribution in [-0.2, 0) is 4.79 Å². The third-order valence-corrected chi connectivity index (χ3v) is 2.43. The van der Waals surface area contributed by atoms with E-state index < -0.39 is 0 Å². The molecule has 0 saturated heterocycles. The second kappa shape index (κ2) is 5.91. The molecule has 3 N–H and O–H groups in total. The van der Waals surface area contributed by atoms with E-state index in [9.17, 15) is 4.79 Å². The Balaban J connectivity index is 2.62. The summed E-state index contributed by atoms with van der Waals surface area (Å²) in [5, 5.41) is 4.05. The summed E-state index contributed by atoms with van der Waals surface area (Å²) in [6.07, 6.45) is 0.314. The second-order valence-electron chi connectivity index (χ2n) is 4.84. The number of carbonyl (C=O) groups is 1. The molecule has 1 amide bonds. The number of rotatable bonds is 4. The van der Waals surface area contributed by atoms with E-state index in [-0.39, 0.29) is 10.7 Å². The van der Waals surface area contributed by atoms with Gasteiger partial charge < -0.3 is 5.73 Å². The Hall–Kier alpha value is -1.49. The number of benzene rings is 1. The van der Waals surface area contributed by atoms with Crippen LogP contribution in [0.25, 0.3) is 0 Å². The highest BCUT2D eigenvalue weighted by molar-refractivity contribution is 7.81. The van der Waals surface area contributed by atoms with Gasteiger partial charge in [-0.2, -0.15) is 17.7 Å². The number of thiol groups is 1. The first-order chi connectivity index (χ1) is 8.28. The van der Waals surface area contributed by atoms with E-state index in [2.05, 4.69) is 23.2 Å². The number of hydrogen-bond donors (Lipinski definition) is 3. The molecular formula is C13H19N3OS. The van der Waals surface area contributed by atoms with Crippen LogP contribution >= 0.6 is 12.6 Å². The van der Waals surface area contributed by atoms with Crippen LogP contribution in [0, 0.1) is 0 Å². The van der Waals surface area contributed by atoms with E-state index >= 15 is 0 Å². The summed E-state index contributed by atoms with van der Waals surface area (Å²) in [4.78, 5) is 11.6. The van der Waals surface area contributed by atoms with E-state index in [1.165, 1.54) is 0 Å². The number of carbonyl (C=O) groups excluding carboxylic acids is 1. The van der Waals surface area contributed by atoms with Gasteiger partial charge >= 0.3 is 0 Å². The van der Waals surface area contributed by atoms with Crippen LogP contribution in [0.5, 0.6) is 0 Å². The van der Waals surface area contributed by atoms with Crippen molar-refractivity contribution in [2.75, 3.05) is 5.73 Å². The van der Waals surface area contributed by atoms with Crippen molar-refractivity contribution in [1.82, 2.24) is 5.43 Å². The van der Waals surface area contributed by atoms with Gasteiger partial charge in [0.1, 0.15) is 0 Å². The van der Waals surface area contributed by atoms with E-state index in [1.54, 1.807) is 12.1 Å². The number of anilines is 1. The number of hydrogen-bond acceptors (Lipinski definition) is 4. The zero-order chi connectivity index (χ0) is 13.8. The molecule has 0 aliphatic carbocycles. The first-order valence-electron chi connectivity index (χ1n) is 5.69. The Labute approximate surface area is 113 Å². The van der Waals surface area contributed by atoms with Crippen LogP contribution < -0.4 is 11.2 Å². The van der Waals surface area contributed by atoms with Crippen molar-refractivity contribution in [3.05, 3.63) is 29.8 Å². The molecule has 18 heavy (non-hydrogen) atoms. The average Bonchev–Trinajstić information content (AvgIpc) is 2.24. The maximum atomic E-state index is 11.6. The zero-order valence-electron chi connectivity index (χ0n) is 10.9. The molecule has 0 radical (unpaired) electrons. The smallest absolute Gasteiger partial charge is 0.241 e. The van der Waals surface area contributed by atoms with E-state index in [0.717, 1.165) is 11.3 Å². The minimum absolute atomic E-state index is 0.148. The third kappa shape index (κ3) is 5.23. The molecule has 0 heterocycles. The molecule has 0 unspecified atom stereocenters. The van der Waals surface area contributed by atoms with Crippen LogP contribution in [0.15, 0.2) is 29.4 Å². The topological polar surface area (TPSA) is 67.5 Å². The molecule has 1 aromatic carbocycles. The van der Waals surface area contributed by atoms with Crippen LogP contribution in [0.3, 0.4) is 0 Å². The quantitative estimate of drug-likeness (QED) is 0.338. The van der Waals surface area contributed by atoms with Crippen molar-refractivity contribution in [2.45, 2.75) is 31.9 Å². The monoisotopic (exact) mass is 265 g/mol. The van der Waals surface area contributed by atoms with E-state index in [0.29, 0.717) is 12.1 Å². The van der Waals surface area contributed by atoms with Crippen LogP contribution in [0.2, 0.25) is 0 Å². The van der Waals surface area contributed by atoms with Gasteiger partial charge in [0, 0.05) is 16.9 Å². The summed E-state index contributed by atoms with van der Waals surface area (Å²) in [5.41, 5.74) is 10.5. The van der Waals surface area contributed by atoms with Gasteiger partial charge in [0.25, 0.3) is 0 Å². The normalized spacial score (nSPS) is 12.3. The highest BCUT2D eigenvalue weighted by Crippen LogP contribution is 2.16. The summed E-state index contributed by atoms with van der Waals surface area (Å²) in [6, 6.07) is 7.33. The fourth-order valence-corrected chi connectivity index (χ4v) is 1.51. The number of nitrogen functional groups attached to an aromatic ring is 1. The summed E-state index contributed by atoms with van der Waals surface area (Å²) in [5.74, 6) is -0.148. The predicted octanol–water partition coefficient (Wildman–Crippen LogP) is 2.21. The van der Waals surface area contributed by atoms with E-state index in [1.807, 2.05) is 32.9 Å². The molecule has 0 aromatic heterocycles. The lowest BCUT2D eigenvalue weighted by Crippen LogP contribution is -2.26. The van der Waals surface area contributed by atoms with Gasteiger partial charge in [0.2, 0.25) is 5.91 Å². The van der Waals surface area contributed by atoms with E-state index in [4.69, 9.17) is 5.73 Å². The molecule has 5 heteroatoms. The fourth-order valence-electron chi connectivity index (χ4n) is 1.37.